The van der Waals surface area contributed by atoms with Gasteiger partial charge >= 0.3 is 0 Å². The highest BCUT2D eigenvalue weighted by molar-refractivity contribution is 8.32. The van der Waals surface area contributed by atoms with Crippen LogP contribution in [0.2, 0.25) is 0 Å². The van der Waals surface area contributed by atoms with E-state index in [9.17, 15) is 0 Å². The first-order valence-electron chi connectivity index (χ1n) is 11.3. The molecular weight excluding hydrogens is 370 g/mol. The molecule has 0 aromatic carbocycles. The molecular formula is C22H33N3S2. The molecule has 8 aliphatic rings. The first-order valence-corrected chi connectivity index (χ1v) is 12.6. The van der Waals surface area contributed by atoms with Gasteiger partial charge in [0, 0.05) is 11.1 Å². The molecule has 0 aliphatic heterocycles. The summed E-state index contributed by atoms with van der Waals surface area (Å²) < 4.78 is 0.846. The third-order valence-corrected chi connectivity index (χ3v) is 9.96. The molecule has 8 bridgehead atoms. The summed E-state index contributed by atoms with van der Waals surface area (Å²) in [6, 6.07) is 0. The summed E-state index contributed by atoms with van der Waals surface area (Å²) in [5.41, 5.74) is 0.481. The van der Waals surface area contributed by atoms with Gasteiger partial charge in [0.15, 0.2) is 5.17 Å². The van der Waals surface area contributed by atoms with Gasteiger partial charge in [-0.25, -0.2) is 0 Å². The Kier molecular flexibility index (Phi) is 3.97. The topological polar surface area (TPSA) is 47.9 Å². The van der Waals surface area contributed by atoms with Crippen molar-refractivity contribution in [2.45, 2.75) is 88.1 Å². The fourth-order valence-corrected chi connectivity index (χ4v) is 10.3. The lowest BCUT2D eigenvalue weighted by atomic mass is 9.53. The first kappa shape index (κ1) is 17.6. The summed E-state index contributed by atoms with van der Waals surface area (Å²) in [5.74, 6) is 5.54. The quantitative estimate of drug-likeness (QED) is 0.343. The fourth-order valence-electron chi connectivity index (χ4n) is 9.13. The maximum atomic E-state index is 8.62. The molecule has 8 fully saturated rings. The maximum Gasteiger partial charge on any atom is 0.161 e. The number of thiocarbonyl (C=S) groups is 1. The molecule has 27 heavy (non-hydrogen) atoms. The summed E-state index contributed by atoms with van der Waals surface area (Å²) in [6.07, 6.45) is 16.6. The molecule has 148 valence electrons. The lowest BCUT2D eigenvalue weighted by molar-refractivity contribution is -0.00970. The third kappa shape index (κ3) is 3.15. The van der Waals surface area contributed by atoms with Gasteiger partial charge in [-0.1, -0.05) is 12.2 Å². The Morgan fingerprint density at radius 2 is 1.00 bits per heavy atom. The largest absolute Gasteiger partial charge is 0.365 e. The van der Waals surface area contributed by atoms with Gasteiger partial charge in [0.05, 0.1) is 0 Å². The van der Waals surface area contributed by atoms with Gasteiger partial charge in [-0.15, -0.1) is 0 Å². The molecule has 0 unspecified atom stereocenters. The fraction of sp³-hybridized carbons (Fsp3) is 0.909. The van der Waals surface area contributed by atoms with Crippen LogP contribution in [0, 0.1) is 40.9 Å². The van der Waals surface area contributed by atoms with Gasteiger partial charge in [0.25, 0.3) is 0 Å². The summed E-state index contributed by atoms with van der Waals surface area (Å²) in [6.45, 7) is 0. The van der Waals surface area contributed by atoms with Crippen molar-refractivity contribution in [2.75, 3.05) is 0 Å². The minimum atomic E-state index is 0.217. The molecule has 3 nitrogen and oxygen atoms in total. The van der Waals surface area contributed by atoms with Crippen LogP contribution in [0.1, 0.15) is 77.0 Å². The Morgan fingerprint density at radius 1 is 0.667 bits per heavy atom. The molecule has 0 radical (unpaired) electrons. The monoisotopic (exact) mass is 403 g/mol. The maximum absolute atomic E-state index is 8.62. The number of thioether (sulfide) groups is 1. The second kappa shape index (κ2) is 6.10. The van der Waals surface area contributed by atoms with Crippen molar-refractivity contribution >= 4 is 33.5 Å². The van der Waals surface area contributed by atoms with Crippen LogP contribution in [0.25, 0.3) is 0 Å². The highest BCUT2D eigenvalue weighted by Gasteiger charge is 2.52. The Labute approximate surface area is 173 Å². The third-order valence-electron chi connectivity index (χ3n) is 9.02. The van der Waals surface area contributed by atoms with E-state index in [-0.39, 0.29) is 11.1 Å². The van der Waals surface area contributed by atoms with E-state index in [1.165, 1.54) is 88.8 Å². The van der Waals surface area contributed by atoms with Gasteiger partial charge in [-0.05, 0) is 124 Å². The van der Waals surface area contributed by atoms with Crippen LogP contribution in [0.4, 0.5) is 0 Å². The summed E-state index contributed by atoms with van der Waals surface area (Å²) >= 11 is 7.24. The van der Waals surface area contributed by atoms with E-state index in [0.29, 0.717) is 5.17 Å². The van der Waals surface area contributed by atoms with E-state index in [1.54, 1.807) is 0 Å². The molecule has 0 amide bonds. The highest BCUT2D eigenvalue weighted by atomic mass is 32.2. The minimum absolute atomic E-state index is 0.217. The lowest BCUT2D eigenvalue weighted by Gasteiger charge is -2.57. The second-order valence-corrected chi connectivity index (χ2v) is 13.1. The van der Waals surface area contributed by atoms with E-state index in [1.807, 2.05) is 0 Å². The molecule has 0 spiro atoms. The molecule has 5 heteroatoms. The molecule has 3 N–H and O–H groups in total. The molecule has 0 aromatic rings. The lowest BCUT2D eigenvalue weighted by Crippen LogP contribution is -2.60. The Hall–Kier alpha value is -0.290. The predicted molar refractivity (Wildman–Crippen MR) is 116 cm³/mol. The van der Waals surface area contributed by atoms with Crippen molar-refractivity contribution in [1.29, 1.82) is 5.41 Å². The van der Waals surface area contributed by atoms with Crippen LogP contribution in [0.15, 0.2) is 0 Å². The van der Waals surface area contributed by atoms with Crippen LogP contribution in [0.5, 0.6) is 0 Å². The van der Waals surface area contributed by atoms with Crippen LogP contribution >= 0.6 is 24.0 Å². The molecule has 8 saturated carbocycles. The van der Waals surface area contributed by atoms with Crippen molar-refractivity contribution < 1.29 is 0 Å². The van der Waals surface area contributed by atoms with E-state index < -0.39 is 0 Å². The minimum Gasteiger partial charge on any atom is -0.365 e. The molecule has 0 heterocycles. The number of nitrogens with one attached hydrogen (secondary N) is 3. The van der Waals surface area contributed by atoms with Crippen LogP contribution in [-0.4, -0.2) is 20.6 Å². The molecule has 0 atom stereocenters. The standard InChI is InChI=1S/C22H33N3S2/c23-19(24-21-7-13-1-14(8-21)3-15(2-13)9-21)27-20(26)25-22-10-16-4-17(11-22)6-18(5-16)12-22/h13-18H,1-12H2,(H2,23,24)(H,25,26). The van der Waals surface area contributed by atoms with Gasteiger partial charge in [-0.3, -0.25) is 5.41 Å². The zero-order valence-corrected chi connectivity index (χ0v) is 17.9. The van der Waals surface area contributed by atoms with Crippen LogP contribution in [-0.2, 0) is 0 Å². The van der Waals surface area contributed by atoms with Crippen molar-refractivity contribution in [2.24, 2.45) is 35.5 Å². The first-order chi connectivity index (χ1) is 13.0. The summed E-state index contributed by atoms with van der Waals surface area (Å²) in [7, 11) is 0. The van der Waals surface area contributed by atoms with Crippen molar-refractivity contribution in [1.82, 2.24) is 10.6 Å². The Morgan fingerprint density at radius 3 is 1.37 bits per heavy atom. The SMILES string of the molecule is N=C(NC12CC3CC(CC(C3)C1)C2)SC(=S)NC12CC3CC(CC(C3)C1)C2. The van der Waals surface area contributed by atoms with Gasteiger partial charge in [-0.2, -0.15) is 0 Å². The van der Waals surface area contributed by atoms with Gasteiger partial charge < -0.3 is 10.6 Å². The number of amidine groups is 1. The van der Waals surface area contributed by atoms with E-state index in [0.717, 1.165) is 39.8 Å². The smallest absolute Gasteiger partial charge is 0.161 e. The predicted octanol–water partition coefficient (Wildman–Crippen LogP) is 5.06. The molecule has 8 aliphatic carbocycles. The van der Waals surface area contributed by atoms with Crippen molar-refractivity contribution in [3.05, 3.63) is 0 Å². The highest BCUT2D eigenvalue weighted by Crippen LogP contribution is 2.57. The summed E-state index contributed by atoms with van der Waals surface area (Å²) in [4.78, 5) is 0. The van der Waals surface area contributed by atoms with E-state index in [2.05, 4.69) is 10.6 Å². The average molecular weight is 404 g/mol. The Balaban J connectivity index is 1.08. The number of hydrogen-bond acceptors (Lipinski definition) is 3. The van der Waals surface area contributed by atoms with Crippen LogP contribution in [0.3, 0.4) is 0 Å². The Bertz CT molecular complexity index is 546. The van der Waals surface area contributed by atoms with Gasteiger partial charge in [0.1, 0.15) is 4.32 Å². The van der Waals surface area contributed by atoms with E-state index in [4.69, 9.17) is 17.6 Å². The van der Waals surface area contributed by atoms with Crippen molar-refractivity contribution in [3.8, 4) is 0 Å². The number of hydrogen-bond donors (Lipinski definition) is 3. The van der Waals surface area contributed by atoms with Crippen molar-refractivity contribution in [3.63, 3.8) is 0 Å². The van der Waals surface area contributed by atoms with E-state index >= 15 is 0 Å². The molecule has 8 rings (SSSR count). The summed E-state index contributed by atoms with van der Waals surface area (Å²) in [5, 5.41) is 16.7. The number of rotatable bonds is 2. The zero-order valence-electron chi connectivity index (χ0n) is 16.3. The zero-order chi connectivity index (χ0) is 18.2. The average Bonchev–Trinajstić information content (AvgIpc) is 2.50. The molecule has 0 saturated heterocycles. The van der Waals surface area contributed by atoms with Gasteiger partial charge in [0.2, 0.25) is 0 Å². The normalized spacial score (nSPS) is 51.4. The van der Waals surface area contributed by atoms with Crippen LogP contribution < -0.4 is 10.6 Å². The second-order valence-electron chi connectivity index (χ2n) is 11.4. The molecule has 0 aromatic heterocycles.